The van der Waals surface area contributed by atoms with Gasteiger partial charge >= 0.3 is 5.97 Å². The van der Waals surface area contributed by atoms with E-state index in [1.807, 2.05) is 30.3 Å². The minimum absolute atomic E-state index is 0.0317. The molecule has 0 saturated carbocycles. The lowest BCUT2D eigenvalue weighted by Gasteiger charge is -2.38. The fourth-order valence-electron chi connectivity index (χ4n) is 3.58. The average Bonchev–Trinajstić information content (AvgIpc) is 2.63. The van der Waals surface area contributed by atoms with Crippen LogP contribution >= 0.6 is 15.9 Å². The molecule has 0 bridgehead atoms. The van der Waals surface area contributed by atoms with Gasteiger partial charge in [0.1, 0.15) is 5.75 Å². The van der Waals surface area contributed by atoms with Crippen LogP contribution in [0.2, 0.25) is 0 Å². The predicted octanol–water partition coefficient (Wildman–Crippen LogP) is 4.34. The average molecular weight is 404 g/mol. The van der Waals surface area contributed by atoms with E-state index in [9.17, 15) is 9.90 Å². The molecule has 1 N–H and O–H groups in total. The van der Waals surface area contributed by atoms with E-state index in [1.165, 1.54) is 0 Å². The number of piperidine rings is 1. The molecule has 2 unspecified atom stereocenters. The zero-order valence-electron chi connectivity index (χ0n) is 14.2. The number of benzene rings is 2. The number of likely N-dealkylation sites (tertiary alicyclic amines) is 1. The fourth-order valence-corrected chi connectivity index (χ4v) is 3.96. The van der Waals surface area contributed by atoms with Crippen LogP contribution in [0.5, 0.6) is 5.75 Å². The summed E-state index contributed by atoms with van der Waals surface area (Å²) >= 11 is 3.56. The lowest BCUT2D eigenvalue weighted by molar-refractivity contribution is -0.143. The number of halogens is 1. The van der Waals surface area contributed by atoms with Crippen molar-refractivity contribution in [1.82, 2.24) is 4.90 Å². The quantitative estimate of drug-likeness (QED) is 0.806. The van der Waals surface area contributed by atoms with Crippen molar-refractivity contribution in [2.24, 2.45) is 5.92 Å². The number of hydrogen-bond acceptors (Lipinski definition) is 3. The molecule has 4 nitrogen and oxygen atoms in total. The Morgan fingerprint density at radius 1 is 1.28 bits per heavy atom. The monoisotopic (exact) mass is 403 g/mol. The lowest BCUT2D eigenvalue weighted by atomic mass is 9.91. The number of carbonyl (C=O) groups is 1. The molecule has 1 aliphatic heterocycles. The molecule has 1 aliphatic rings. The van der Waals surface area contributed by atoms with Crippen LogP contribution in [0.4, 0.5) is 0 Å². The minimum atomic E-state index is -0.710. The number of hydrogen-bond donors (Lipinski definition) is 1. The highest BCUT2D eigenvalue weighted by Gasteiger charge is 2.32. The maximum absolute atomic E-state index is 11.5. The maximum Gasteiger partial charge on any atom is 0.307 e. The van der Waals surface area contributed by atoms with Gasteiger partial charge < -0.3 is 9.84 Å². The van der Waals surface area contributed by atoms with Crippen molar-refractivity contribution in [3.05, 3.63) is 64.1 Å². The molecule has 0 radical (unpaired) electrons. The van der Waals surface area contributed by atoms with E-state index in [1.54, 1.807) is 7.11 Å². The van der Waals surface area contributed by atoms with E-state index in [2.05, 4.69) is 39.0 Å². The number of rotatable bonds is 5. The van der Waals surface area contributed by atoms with Crippen molar-refractivity contribution in [1.29, 1.82) is 0 Å². The summed E-state index contributed by atoms with van der Waals surface area (Å²) in [7, 11) is 1.67. The third kappa shape index (κ3) is 4.05. The minimum Gasteiger partial charge on any atom is -0.496 e. The van der Waals surface area contributed by atoms with Crippen molar-refractivity contribution < 1.29 is 14.6 Å². The van der Waals surface area contributed by atoms with Crippen molar-refractivity contribution in [3.8, 4) is 5.75 Å². The molecule has 1 fully saturated rings. The standard InChI is InChI=1S/C20H22BrNO3/c1-25-18-10-9-16(21)12-17(18)19(14-6-3-2-4-7-14)22-11-5-8-15(13-22)20(23)24/h2-4,6-7,9-10,12,15,19H,5,8,11,13H2,1H3,(H,23,24). The zero-order valence-corrected chi connectivity index (χ0v) is 15.8. The van der Waals surface area contributed by atoms with E-state index in [4.69, 9.17) is 4.74 Å². The van der Waals surface area contributed by atoms with Crippen LogP contribution in [0, 0.1) is 5.92 Å². The summed E-state index contributed by atoms with van der Waals surface area (Å²) < 4.78 is 6.59. The predicted molar refractivity (Wildman–Crippen MR) is 101 cm³/mol. The van der Waals surface area contributed by atoms with Crippen LogP contribution in [0.1, 0.15) is 30.0 Å². The van der Waals surface area contributed by atoms with Crippen molar-refractivity contribution in [2.45, 2.75) is 18.9 Å². The van der Waals surface area contributed by atoms with Crippen LogP contribution in [0.3, 0.4) is 0 Å². The number of methoxy groups -OCH3 is 1. The molecule has 3 rings (SSSR count). The molecule has 2 aromatic carbocycles. The molecule has 0 aliphatic carbocycles. The van der Waals surface area contributed by atoms with E-state index in [0.717, 1.165) is 40.7 Å². The molecule has 25 heavy (non-hydrogen) atoms. The molecule has 1 heterocycles. The Bertz CT molecular complexity index is 735. The third-order valence-corrected chi connectivity index (χ3v) is 5.26. The first-order valence-corrected chi connectivity index (χ1v) is 9.24. The van der Waals surface area contributed by atoms with Gasteiger partial charge in [0, 0.05) is 16.6 Å². The SMILES string of the molecule is COc1ccc(Br)cc1C(c1ccccc1)N1CCCC(C(=O)O)C1. The molecule has 0 aromatic heterocycles. The Kier molecular flexibility index (Phi) is 5.76. The summed E-state index contributed by atoms with van der Waals surface area (Å²) in [5.74, 6) is -0.217. The molecule has 2 aromatic rings. The van der Waals surface area contributed by atoms with Gasteiger partial charge in [-0.3, -0.25) is 9.69 Å². The smallest absolute Gasteiger partial charge is 0.307 e. The van der Waals surface area contributed by atoms with Crippen LogP contribution in [0.15, 0.2) is 53.0 Å². The van der Waals surface area contributed by atoms with E-state index >= 15 is 0 Å². The highest BCUT2D eigenvalue weighted by atomic mass is 79.9. The summed E-state index contributed by atoms with van der Waals surface area (Å²) in [5, 5.41) is 9.46. The van der Waals surface area contributed by atoms with Gasteiger partial charge in [0.05, 0.1) is 19.1 Å². The number of nitrogens with zero attached hydrogens (tertiary/aromatic N) is 1. The van der Waals surface area contributed by atoms with Gasteiger partial charge in [0.2, 0.25) is 0 Å². The summed E-state index contributed by atoms with van der Waals surface area (Å²) in [5.41, 5.74) is 2.19. The molecular weight excluding hydrogens is 382 g/mol. The molecule has 1 saturated heterocycles. The Morgan fingerprint density at radius 2 is 2.04 bits per heavy atom. The van der Waals surface area contributed by atoms with E-state index in [-0.39, 0.29) is 12.0 Å². The van der Waals surface area contributed by atoms with E-state index < -0.39 is 5.97 Å². The summed E-state index contributed by atoms with van der Waals surface area (Å²) in [6.07, 6.45) is 1.62. The van der Waals surface area contributed by atoms with Gasteiger partial charge in [0.15, 0.2) is 0 Å². The number of aliphatic carboxylic acids is 1. The highest BCUT2D eigenvalue weighted by molar-refractivity contribution is 9.10. The van der Waals surface area contributed by atoms with Crippen molar-refractivity contribution in [3.63, 3.8) is 0 Å². The van der Waals surface area contributed by atoms with Gasteiger partial charge in [-0.2, -0.15) is 0 Å². The van der Waals surface area contributed by atoms with Gasteiger partial charge in [0.25, 0.3) is 0 Å². The normalized spacial score (nSPS) is 19.4. The number of carboxylic acids is 1. The first-order valence-electron chi connectivity index (χ1n) is 8.45. The third-order valence-electron chi connectivity index (χ3n) is 4.77. The lowest BCUT2D eigenvalue weighted by Crippen LogP contribution is -2.41. The first kappa shape index (κ1) is 18.0. The Labute approximate surface area is 156 Å². The fraction of sp³-hybridized carbons (Fsp3) is 0.350. The van der Waals surface area contributed by atoms with Gasteiger partial charge in [-0.25, -0.2) is 0 Å². The highest BCUT2D eigenvalue weighted by Crippen LogP contribution is 2.38. The molecule has 0 spiro atoms. The van der Waals surface area contributed by atoms with Gasteiger partial charge in [-0.15, -0.1) is 0 Å². The molecule has 2 atom stereocenters. The topological polar surface area (TPSA) is 49.8 Å². The van der Waals surface area contributed by atoms with Crippen LogP contribution < -0.4 is 4.74 Å². The van der Waals surface area contributed by atoms with Crippen molar-refractivity contribution >= 4 is 21.9 Å². The second-order valence-electron chi connectivity index (χ2n) is 6.37. The number of carboxylic acid groups (broad SMARTS) is 1. The van der Waals surface area contributed by atoms with Gasteiger partial charge in [-0.1, -0.05) is 46.3 Å². The summed E-state index contributed by atoms with van der Waals surface area (Å²) in [6, 6.07) is 16.2. The summed E-state index contributed by atoms with van der Waals surface area (Å²) in [6.45, 7) is 1.42. The molecule has 5 heteroatoms. The largest absolute Gasteiger partial charge is 0.496 e. The Hall–Kier alpha value is -1.85. The second kappa shape index (κ2) is 8.02. The Morgan fingerprint density at radius 3 is 2.72 bits per heavy atom. The van der Waals surface area contributed by atoms with Crippen LogP contribution in [0.25, 0.3) is 0 Å². The summed E-state index contributed by atoms with van der Waals surface area (Å²) in [4.78, 5) is 13.8. The van der Waals surface area contributed by atoms with E-state index in [0.29, 0.717) is 6.54 Å². The molecular formula is C20H22BrNO3. The maximum atomic E-state index is 11.5. The van der Waals surface area contributed by atoms with Crippen molar-refractivity contribution in [2.75, 3.05) is 20.2 Å². The first-order chi connectivity index (χ1) is 12.1. The molecule has 0 amide bonds. The second-order valence-corrected chi connectivity index (χ2v) is 7.29. The van der Waals surface area contributed by atoms with Gasteiger partial charge in [-0.05, 0) is 43.1 Å². The number of ether oxygens (including phenoxy) is 1. The Balaban J connectivity index is 2.05. The van der Waals surface area contributed by atoms with Crippen LogP contribution in [-0.2, 0) is 4.79 Å². The zero-order chi connectivity index (χ0) is 17.8. The van der Waals surface area contributed by atoms with Crippen LogP contribution in [-0.4, -0.2) is 36.2 Å². The molecule has 132 valence electrons.